The molecule has 2 unspecified atom stereocenters. The van der Waals surface area contributed by atoms with Crippen LogP contribution in [-0.2, 0) is 6.42 Å². The third-order valence-corrected chi connectivity index (χ3v) is 3.91. The second kappa shape index (κ2) is 7.86. The summed E-state index contributed by atoms with van der Waals surface area (Å²) in [5.41, 5.74) is 0. The molecule has 0 aliphatic heterocycles. The van der Waals surface area contributed by atoms with E-state index in [0.717, 1.165) is 18.5 Å². The number of hydrogen-bond donors (Lipinski definition) is 1. The predicted molar refractivity (Wildman–Crippen MR) is 74.2 cm³/mol. The summed E-state index contributed by atoms with van der Waals surface area (Å²) >= 11 is 1.87. The molecular weight excluding hydrogens is 214 g/mol. The van der Waals surface area contributed by atoms with Gasteiger partial charge in [-0.25, -0.2) is 0 Å². The van der Waals surface area contributed by atoms with E-state index in [9.17, 15) is 0 Å². The third-order valence-electron chi connectivity index (χ3n) is 3.01. The molecule has 1 aromatic rings. The van der Waals surface area contributed by atoms with E-state index in [1.165, 1.54) is 30.6 Å². The van der Waals surface area contributed by atoms with Crippen LogP contribution in [0.1, 0.15) is 44.9 Å². The van der Waals surface area contributed by atoms with E-state index in [4.69, 9.17) is 0 Å². The Kier molecular flexibility index (Phi) is 6.74. The molecule has 16 heavy (non-hydrogen) atoms. The Bertz CT molecular complexity index is 256. The minimum atomic E-state index is 0.718. The standard InChI is InChI=1S/C14H25NS/c1-4-7-13(5-2)15-11-12(3)10-14-8-6-9-16-14/h6,8-9,12-13,15H,4-5,7,10-11H2,1-3H3. The van der Waals surface area contributed by atoms with Gasteiger partial charge in [0.05, 0.1) is 0 Å². The van der Waals surface area contributed by atoms with Gasteiger partial charge in [0.15, 0.2) is 0 Å². The highest BCUT2D eigenvalue weighted by Crippen LogP contribution is 2.14. The van der Waals surface area contributed by atoms with Crippen molar-refractivity contribution in [1.29, 1.82) is 0 Å². The van der Waals surface area contributed by atoms with Gasteiger partial charge in [-0.2, -0.15) is 0 Å². The molecule has 0 amide bonds. The first-order valence-corrected chi connectivity index (χ1v) is 7.40. The van der Waals surface area contributed by atoms with Crippen molar-refractivity contribution < 1.29 is 0 Å². The molecule has 2 atom stereocenters. The first-order valence-electron chi connectivity index (χ1n) is 6.52. The Morgan fingerprint density at radius 1 is 1.38 bits per heavy atom. The van der Waals surface area contributed by atoms with Crippen molar-refractivity contribution in [3.05, 3.63) is 22.4 Å². The summed E-state index contributed by atoms with van der Waals surface area (Å²) in [4.78, 5) is 1.51. The molecule has 0 spiro atoms. The van der Waals surface area contributed by atoms with Crippen molar-refractivity contribution in [1.82, 2.24) is 5.32 Å². The smallest absolute Gasteiger partial charge is 0.00644 e. The maximum Gasteiger partial charge on any atom is 0.00644 e. The fourth-order valence-electron chi connectivity index (χ4n) is 2.01. The quantitative estimate of drug-likeness (QED) is 0.720. The van der Waals surface area contributed by atoms with Gasteiger partial charge in [-0.05, 0) is 43.2 Å². The lowest BCUT2D eigenvalue weighted by Crippen LogP contribution is -2.32. The predicted octanol–water partition coefficient (Wildman–Crippen LogP) is 4.10. The summed E-state index contributed by atoms with van der Waals surface area (Å²) in [5, 5.41) is 5.86. The number of thiophene rings is 1. The van der Waals surface area contributed by atoms with Crippen LogP contribution in [-0.4, -0.2) is 12.6 Å². The second-order valence-electron chi connectivity index (χ2n) is 4.69. The van der Waals surface area contributed by atoms with Crippen molar-refractivity contribution in [2.24, 2.45) is 5.92 Å². The van der Waals surface area contributed by atoms with E-state index in [2.05, 4.69) is 43.6 Å². The first-order chi connectivity index (χ1) is 7.76. The van der Waals surface area contributed by atoms with Gasteiger partial charge in [-0.1, -0.05) is 33.3 Å². The average Bonchev–Trinajstić information content (AvgIpc) is 2.76. The zero-order valence-electron chi connectivity index (χ0n) is 10.8. The van der Waals surface area contributed by atoms with Crippen molar-refractivity contribution >= 4 is 11.3 Å². The van der Waals surface area contributed by atoms with E-state index in [-0.39, 0.29) is 0 Å². The zero-order valence-corrected chi connectivity index (χ0v) is 11.6. The number of hydrogen-bond acceptors (Lipinski definition) is 2. The Morgan fingerprint density at radius 2 is 2.19 bits per heavy atom. The first kappa shape index (κ1) is 13.7. The monoisotopic (exact) mass is 239 g/mol. The highest BCUT2D eigenvalue weighted by molar-refractivity contribution is 7.09. The highest BCUT2D eigenvalue weighted by Gasteiger charge is 2.08. The molecule has 0 aliphatic rings. The molecule has 0 aromatic carbocycles. The summed E-state index contributed by atoms with van der Waals surface area (Å²) in [6.45, 7) is 8.03. The number of rotatable bonds is 8. The molecule has 1 N–H and O–H groups in total. The van der Waals surface area contributed by atoms with Gasteiger partial charge in [0.1, 0.15) is 0 Å². The Labute approximate surface area is 104 Å². The normalized spacial score (nSPS) is 14.9. The third kappa shape index (κ3) is 5.13. The average molecular weight is 239 g/mol. The molecule has 1 heterocycles. The SMILES string of the molecule is CCCC(CC)NCC(C)Cc1cccs1. The fourth-order valence-corrected chi connectivity index (χ4v) is 2.88. The van der Waals surface area contributed by atoms with E-state index in [0.29, 0.717) is 0 Å². The van der Waals surface area contributed by atoms with Gasteiger partial charge in [-0.15, -0.1) is 11.3 Å². The van der Waals surface area contributed by atoms with Crippen LogP contribution in [0, 0.1) is 5.92 Å². The Hall–Kier alpha value is -0.340. The van der Waals surface area contributed by atoms with Crippen molar-refractivity contribution in [3.63, 3.8) is 0 Å². The molecule has 1 nitrogen and oxygen atoms in total. The van der Waals surface area contributed by atoms with Gasteiger partial charge < -0.3 is 5.32 Å². The van der Waals surface area contributed by atoms with Crippen molar-refractivity contribution in [2.45, 2.75) is 52.5 Å². The topological polar surface area (TPSA) is 12.0 Å². The van der Waals surface area contributed by atoms with Crippen molar-refractivity contribution in [2.75, 3.05) is 6.54 Å². The molecule has 0 radical (unpaired) electrons. The summed E-state index contributed by atoms with van der Waals surface area (Å²) in [7, 11) is 0. The maximum absolute atomic E-state index is 3.69. The minimum absolute atomic E-state index is 0.718. The van der Waals surface area contributed by atoms with Gasteiger partial charge in [0.25, 0.3) is 0 Å². The molecule has 1 rings (SSSR count). The summed E-state index contributed by atoms with van der Waals surface area (Å²) in [5.74, 6) is 0.740. The van der Waals surface area contributed by atoms with Gasteiger partial charge in [0.2, 0.25) is 0 Å². The van der Waals surface area contributed by atoms with E-state index in [1.54, 1.807) is 0 Å². The van der Waals surface area contributed by atoms with Gasteiger partial charge >= 0.3 is 0 Å². The van der Waals surface area contributed by atoms with E-state index in [1.807, 2.05) is 11.3 Å². The van der Waals surface area contributed by atoms with Crippen LogP contribution in [0.2, 0.25) is 0 Å². The van der Waals surface area contributed by atoms with Crippen LogP contribution in [0.5, 0.6) is 0 Å². The highest BCUT2D eigenvalue weighted by atomic mass is 32.1. The van der Waals surface area contributed by atoms with Gasteiger partial charge in [-0.3, -0.25) is 0 Å². The molecule has 0 saturated heterocycles. The molecule has 0 saturated carbocycles. The maximum atomic E-state index is 3.69. The summed E-state index contributed by atoms with van der Waals surface area (Å²) in [6, 6.07) is 5.10. The molecule has 0 aliphatic carbocycles. The van der Waals surface area contributed by atoms with E-state index >= 15 is 0 Å². The van der Waals surface area contributed by atoms with Crippen LogP contribution >= 0.6 is 11.3 Å². The Morgan fingerprint density at radius 3 is 2.75 bits per heavy atom. The Balaban J connectivity index is 2.21. The van der Waals surface area contributed by atoms with Crippen LogP contribution in [0.4, 0.5) is 0 Å². The van der Waals surface area contributed by atoms with E-state index < -0.39 is 0 Å². The molecule has 2 heteroatoms. The molecule has 92 valence electrons. The fraction of sp³-hybridized carbons (Fsp3) is 0.714. The van der Waals surface area contributed by atoms with Crippen LogP contribution in [0.15, 0.2) is 17.5 Å². The van der Waals surface area contributed by atoms with Crippen molar-refractivity contribution in [3.8, 4) is 0 Å². The van der Waals surface area contributed by atoms with Crippen LogP contribution in [0.3, 0.4) is 0 Å². The largest absolute Gasteiger partial charge is 0.314 e. The molecular formula is C14H25NS. The molecule has 1 aromatic heterocycles. The van der Waals surface area contributed by atoms with Gasteiger partial charge in [0, 0.05) is 10.9 Å². The summed E-state index contributed by atoms with van der Waals surface area (Å²) < 4.78 is 0. The lowest BCUT2D eigenvalue weighted by atomic mass is 10.0. The number of nitrogens with one attached hydrogen (secondary N) is 1. The lowest BCUT2D eigenvalue weighted by molar-refractivity contribution is 0.415. The molecule has 0 fully saturated rings. The lowest BCUT2D eigenvalue weighted by Gasteiger charge is -2.19. The minimum Gasteiger partial charge on any atom is -0.314 e. The van der Waals surface area contributed by atoms with Crippen LogP contribution in [0.25, 0.3) is 0 Å². The zero-order chi connectivity index (χ0) is 11.8. The second-order valence-corrected chi connectivity index (χ2v) is 5.72. The molecule has 0 bridgehead atoms. The summed E-state index contributed by atoms with van der Waals surface area (Å²) in [6.07, 6.45) is 5.06. The van der Waals surface area contributed by atoms with Crippen LogP contribution < -0.4 is 5.32 Å².